The van der Waals surface area contributed by atoms with Crippen LogP contribution in [0.25, 0.3) is 0 Å². The molecule has 3 aromatic carbocycles. The van der Waals surface area contributed by atoms with Gasteiger partial charge in [-0.3, -0.25) is 4.79 Å². The first kappa shape index (κ1) is 29.5. The Balaban J connectivity index is 1.22. The molecule has 2 aliphatic rings. The van der Waals surface area contributed by atoms with Gasteiger partial charge >= 0.3 is 0 Å². The van der Waals surface area contributed by atoms with Crippen LogP contribution in [-0.4, -0.2) is 44.9 Å². The van der Waals surface area contributed by atoms with Crippen molar-refractivity contribution < 1.29 is 22.4 Å². The maximum atomic E-state index is 14.0. The van der Waals surface area contributed by atoms with Crippen LogP contribution in [0, 0.1) is 11.7 Å². The molecule has 218 valence electrons. The SMILES string of the molecule is O=C(NC1CCC(CCN2CCCC2)CC1)c1ccc(S(=O)(=O)N(Oc2ccc(Br)cc2)c2cccc(F)c2)cc1. The second-order valence-corrected chi connectivity index (χ2v) is 13.5. The van der Waals surface area contributed by atoms with Crippen LogP contribution >= 0.6 is 15.9 Å². The van der Waals surface area contributed by atoms with Crippen LogP contribution in [0.1, 0.15) is 55.3 Å². The van der Waals surface area contributed by atoms with Crippen LogP contribution in [0.15, 0.2) is 82.2 Å². The van der Waals surface area contributed by atoms with Crippen LogP contribution in [0.4, 0.5) is 10.1 Å². The number of nitrogens with zero attached hydrogens (tertiary/aromatic N) is 2. The van der Waals surface area contributed by atoms with E-state index in [1.54, 1.807) is 24.3 Å². The van der Waals surface area contributed by atoms with Crippen molar-refractivity contribution in [3.63, 3.8) is 0 Å². The third-order valence-corrected chi connectivity index (χ3v) is 10.0. The molecule has 0 bridgehead atoms. The molecule has 5 rings (SSSR count). The lowest BCUT2D eigenvalue weighted by atomic mass is 9.84. The largest absolute Gasteiger partial charge is 0.364 e. The van der Waals surface area contributed by atoms with E-state index in [-0.39, 0.29) is 28.3 Å². The van der Waals surface area contributed by atoms with Gasteiger partial charge in [-0.1, -0.05) is 26.5 Å². The Morgan fingerprint density at radius 3 is 2.32 bits per heavy atom. The fourth-order valence-electron chi connectivity index (χ4n) is 5.53. The van der Waals surface area contributed by atoms with Gasteiger partial charge in [-0.25, -0.2) is 4.39 Å². The molecule has 0 spiro atoms. The second kappa shape index (κ2) is 13.4. The van der Waals surface area contributed by atoms with Gasteiger partial charge in [-0.05, 0) is 131 Å². The molecule has 0 radical (unpaired) electrons. The van der Waals surface area contributed by atoms with Gasteiger partial charge in [0.1, 0.15) is 5.82 Å². The Hall–Kier alpha value is -2.95. The minimum Gasteiger partial charge on any atom is -0.364 e. The highest BCUT2D eigenvalue weighted by molar-refractivity contribution is 9.10. The average Bonchev–Trinajstić information content (AvgIpc) is 3.50. The summed E-state index contributed by atoms with van der Waals surface area (Å²) < 4.78 is 42.8. The van der Waals surface area contributed by atoms with E-state index in [0.717, 1.165) is 36.2 Å². The molecule has 1 heterocycles. The van der Waals surface area contributed by atoms with E-state index in [1.165, 1.54) is 81.4 Å². The predicted octanol–water partition coefficient (Wildman–Crippen LogP) is 6.55. The number of halogens is 2. The molecule has 1 N–H and O–H groups in total. The molecule has 1 amide bonds. The summed E-state index contributed by atoms with van der Waals surface area (Å²) in [7, 11) is -4.27. The van der Waals surface area contributed by atoms with Crippen molar-refractivity contribution in [1.29, 1.82) is 0 Å². The van der Waals surface area contributed by atoms with Crippen molar-refractivity contribution in [1.82, 2.24) is 10.2 Å². The van der Waals surface area contributed by atoms with Gasteiger partial charge in [-0.15, -0.1) is 0 Å². The molecule has 0 atom stereocenters. The van der Waals surface area contributed by atoms with Gasteiger partial charge < -0.3 is 15.1 Å². The van der Waals surface area contributed by atoms with Crippen molar-refractivity contribution in [2.45, 2.75) is 55.9 Å². The van der Waals surface area contributed by atoms with Crippen molar-refractivity contribution in [3.05, 3.63) is 88.6 Å². The maximum absolute atomic E-state index is 14.0. The second-order valence-electron chi connectivity index (χ2n) is 10.8. The Labute approximate surface area is 249 Å². The Morgan fingerprint density at radius 2 is 1.66 bits per heavy atom. The van der Waals surface area contributed by atoms with Crippen LogP contribution in [0.5, 0.6) is 5.75 Å². The topological polar surface area (TPSA) is 79.0 Å². The molecule has 2 fully saturated rings. The molecule has 3 aromatic rings. The predicted molar refractivity (Wildman–Crippen MR) is 161 cm³/mol. The molecule has 41 heavy (non-hydrogen) atoms. The van der Waals surface area contributed by atoms with E-state index in [0.29, 0.717) is 15.9 Å². The Bertz CT molecular complexity index is 1420. The first-order valence-electron chi connectivity index (χ1n) is 14.2. The van der Waals surface area contributed by atoms with E-state index in [1.807, 2.05) is 0 Å². The zero-order valence-electron chi connectivity index (χ0n) is 22.8. The normalized spacial score (nSPS) is 19.6. The van der Waals surface area contributed by atoms with Gasteiger partial charge in [0.05, 0.1) is 10.6 Å². The minimum absolute atomic E-state index is 0.00534. The molecular formula is C31H35BrFN3O4S. The van der Waals surface area contributed by atoms with E-state index in [2.05, 4.69) is 26.1 Å². The van der Waals surface area contributed by atoms with Crippen molar-refractivity contribution in [2.24, 2.45) is 5.92 Å². The first-order chi connectivity index (χ1) is 19.8. The van der Waals surface area contributed by atoms with E-state index < -0.39 is 15.8 Å². The van der Waals surface area contributed by atoms with Crippen molar-refractivity contribution >= 4 is 37.5 Å². The van der Waals surface area contributed by atoms with Crippen LogP contribution in [0.3, 0.4) is 0 Å². The van der Waals surface area contributed by atoms with Gasteiger partial charge in [0, 0.05) is 22.1 Å². The number of sulfonamides is 1. The highest BCUT2D eigenvalue weighted by Crippen LogP contribution is 2.29. The Morgan fingerprint density at radius 1 is 0.976 bits per heavy atom. The number of benzene rings is 3. The van der Waals surface area contributed by atoms with E-state index >= 15 is 0 Å². The number of anilines is 1. The standard InChI is InChI=1S/C31H35BrFN3O4S/c32-25-10-14-29(15-11-25)40-36(28-5-3-4-26(33)22-28)41(38,39)30-16-8-24(9-17-30)31(37)34-27-12-6-23(7-13-27)18-21-35-19-1-2-20-35/h3-5,8-11,14-17,22-23,27H,1-2,6-7,12-13,18-21H2,(H,34,37). The zero-order chi connectivity index (χ0) is 28.8. The van der Waals surface area contributed by atoms with Crippen molar-refractivity contribution in [2.75, 3.05) is 24.1 Å². The summed E-state index contributed by atoms with van der Waals surface area (Å²) in [5.74, 6) is 0.147. The van der Waals surface area contributed by atoms with Crippen molar-refractivity contribution in [3.8, 4) is 5.75 Å². The number of hydrogen-bond donors (Lipinski definition) is 1. The third kappa shape index (κ3) is 7.67. The van der Waals surface area contributed by atoms with E-state index in [9.17, 15) is 17.6 Å². The molecule has 0 unspecified atom stereocenters. The average molecular weight is 645 g/mol. The summed E-state index contributed by atoms with van der Waals surface area (Å²) in [5, 5.41) is 3.12. The number of carbonyl (C=O) groups excluding carboxylic acids is 1. The molecule has 0 aromatic heterocycles. The van der Waals surface area contributed by atoms with Gasteiger partial charge in [0.15, 0.2) is 5.75 Å². The summed E-state index contributed by atoms with van der Waals surface area (Å²) in [6, 6.07) is 17.6. The molecule has 1 saturated carbocycles. The first-order valence-corrected chi connectivity index (χ1v) is 16.4. The number of carbonyl (C=O) groups is 1. The van der Waals surface area contributed by atoms with Gasteiger partial charge in [-0.2, -0.15) is 8.42 Å². The fraction of sp³-hybridized carbons (Fsp3) is 0.387. The lowest BCUT2D eigenvalue weighted by Crippen LogP contribution is -2.38. The lowest BCUT2D eigenvalue weighted by Gasteiger charge is -2.30. The summed E-state index contributed by atoms with van der Waals surface area (Å²) in [4.78, 5) is 21.2. The minimum atomic E-state index is -4.27. The summed E-state index contributed by atoms with van der Waals surface area (Å²) in [6.07, 6.45) is 8.01. The highest BCUT2D eigenvalue weighted by atomic mass is 79.9. The molecule has 1 saturated heterocycles. The molecule has 10 heteroatoms. The highest BCUT2D eigenvalue weighted by Gasteiger charge is 2.29. The van der Waals surface area contributed by atoms with Gasteiger partial charge in [0.25, 0.3) is 15.9 Å². The maximum Gasteiger partial charge on any atom is 0.295 e. The smallest absolute Gasteiger partial charge is 0.295 e. The molecular weight excluding hydrogens is 609 g/mol. The van der Waals surface area contributed by atoms with Crippen LogP contribution in [0.2, 0.25) is 0 Å². The summed E-state index contributed by atoms with van der Waals surface area (Å²) >= 11 is 3.34. The summed E-state index contributed by atoms with van der Waals surface area (Å²) in [5.41, 5.74) is 0.386. The third-order valence-electron chi connectivity index (χ3n) is 7.89. The lowest BCUT2D eigenvalue weighted by molar-refractivity contribution is 0.0920. The number of hydrogen-bond acceptors (Lipinski definition) is 5. The molecule has 1 aliphatic heterocycles. The number of likely N-dealkylation sites (tertiary alicyclic amines) is 1. The monoisotopic (exact) mass is 643 g/mol. The summed E-state index contributed by atoms with van der Waals surface area (Å²) in [6.45, 7) is 3.64. The van der Waals surface area contributed by atoms with Crippen LogP contribution < -0.4 is 14.6 Å². The number of nitrogens with one attached hydrogen (secondary N) is 1. The Kier molecular flexibility index (Phi) is 9.62. The quantitative estimate of drug-likeness (QED) is 0.253. The van der Waals surface area contributed by atoms with E-state index in [4.69, 9.17) is 4.84 Å². The molecule has 1 aliphatic carbocycles. The number of rotatable bonds is 10. The number of amides is 1. The fourth-order valence-corrected chi connectivity index (χ4v) is 7.04. The van der Waals surface area contributed by atoms with Crippen LogP contribution in [-0.2, 0) is 10.0 Å². The zero-order valence-corrected chi connectivity index (χ0v) is 25.2. The molecule has 7 nitrogen and oxygen atoms in total. The van der Waals surface area contributed by atoms with Gasteiger partial charge in [0.2, 0.25) is 0 Å².